The molecule has 3 rings (SSSR count). The average molecular weight is 337 g/mol. The number of aliphatic carboxylic acids is 1. The van der Waals surface area contributed by atoms with Gasteiger partial charge in [0.2, 0.25) is 0 Å². The number of carboxylic acid groups (broad SMARTS) is 1. The first kappa shape index (κ1) is 15.1. The molecule has 1 fully saturated rings. The lowest BCUT2D eigenvalue weighted by molar-refractivity contribution is -0.138. The second kappa shape index (κ2) is 5.41. The van der Waals surface area contributed by atoms with Crippen molar-refractivity contribution < 1.29 is 18.3 Å². The van der Waals surface area contributed by atoms with Crippen LogP contribution in [0.15, 0.2) is 59.5 Å². The van der Waals surface area contributed by atoms with Crippen molar-refractivity contribution in [2.24, 2.45) is 5.92 Å². The average Bonchev–Trinajstić information content (AvgIpc) is 3.25. The number of carboxylic acids is 1. The van der Waals surface area contributed by atoms with Crippen LogP contribution in [0.4, 0.5) is 0 Å². The zero-order chi connectivity index (χ0) is 15.9. The summed E-state index contributed by atoms with van der Waals surface area (Å²) in [4.78, 5) is 11.6. The van der Waals surface area contributed by atoms with Gasteiger partial charge in [-0.05, 0) is 29.8 Å². The molecule has 3 atom stereocenters. The maximum Gasteiger partial charge on any atom is 0.308 e. The molecule has 0 spiro atoms. The lowest BCUT2D eigenvalue weighted by atomic mass is 10.1. The molecule has 1 aliphatic carbocycles. The summed E-state index contributed by atoms with van der Waals surface area (Å²) in [5.41, 5.74) is 0.682. The van der Waals surface area contributed by atoms with Gasteiger partial charge in [-0.25, -0.2) is 8.42 Å². The molecule has 6 heteroatoms. The van der Waals surface area contributed by atoms with Crippen LogP contribution in [0, 0.1) is 5.92 Å². The molecular weight excluding hydrogens is 324 g/mol. The van der Waals surface area contributed by atoms with Gasteiger partial charge in [0.05, 0.1) is 16.1 Å². The molecule has 0 amide bonds. The van der Waals surface area contributed by atoms with E-state index in [-0.39, 0.29) is 4.90 Å². The molecule has 0 heterocycles. The van der Waals surface area contributed by atoms with Crippen LogP contribution in [0.2, 0.25) is 5.02 Å². The molecule has 0 radical (unpaired) electrons. The van der Waals surface area contributed by atoms with Crippen LogP contribution in [0.1, 0.15) is 11.5 Å². The van der Waals surface area contributed by atoms with Gasteiger partial charge in [0.25, 0.3) is 0 Å². The first-order chi connectivity index (χ1) is 10.4. The molecule has 0 saturated heterocycles. The lowest BCUT2D eigenvalue weighted by Crippen LogP contribution is -2.13. The zero-order valence-corrected chi connectivity index (χ0v) is 13.0. The van der Waals surface area contributed by atoms with Gasteiger partial charge in [0.15, 0.2) is 9.84 Å². The molecule has 4 nitrogen and oxygen atoms in total. The number of benzene rings is 2. The molecule has 0 unspecified atom stereocenters. The van der Waals surface area contributed by atoms with Crippen LogP contribution in [0.3, 0.4) is 0 Å². The summed E-state index contributed by atoms with van der Waals surface area (Å²) in [7, 11) is -3.68. The Labute approximate surface area is 133 Å². The van der Waals surface area contributed by atoms with Crippen LogP contribution in [0.5, 0.6) is 0 Å². The van der Waals surface area contributed by atoms with E-state index in [1.165, 1.54) is 12.1 Å². The monoisotopic (exact) mass is 336 g/mol. The highest BCUT2D eigenvalue weighted by atomic mass is 35.5. The number of rotatable bonds is 4. The first-order valence-electron chi connectivity index (χ1n) is 6.70. The molecule has 0 aromatic heterocycles. The summed E-state index contributed by atoms with van der Waals surface area (Å²) in [5.74, 6) is -2.56. The zero-order valence-electron chi connectivity index (χ0n) is 11.4. The first-order valence-corrected chi connectivity index (χ1v) is 8.62. The fourth-order valence-electron chi connectivity index (χ4n) is 2.81. The number of sulfone groups is 1. The van der Waals surface area contributed by atoms with Gasteiger partial charge < -0.3 is 5.11 Å². The fraction of sp³-hybridized carbons (Fsp3) is 0.188. The molecule has 1 saturated carbocycles. The van der Waals surface area contributed by atoms with Crippen molar-refractivity contribution >= 4 is 27.4 Å². The molecule has 2 aromatic carbocycles. The van der Waals surface area contributed by atoms with Crippen molar-refractivity contribution in [1.82, 2.24) is 0 Å². The van der Waals surface area contributed by atoms with E-state index in [1.807, 2.05) is 0 Å². The lowest BCUT2D eigenvalue weighted by Gasteiger charge is -2.04. The SMILES string of the molecule is O=C(O)[C@@H]1[C@H](c2ccc(Cl)cc2)[C@@H]1S(=O)(=O)c1ccccc1. The van der Waals surface area contributed by atoms with Crippen molar-refractivity contribution in [3.05, 3.63) is 65.2 Å². The highest BCUT2D eigenvalue weighted by Crippen LogP contribution is 2.54. The van der Waals surface area contributed by atoms with Gasteiger partial charge in [0.1, 0.15) is 0 Å². The number of halogens is 1. The molecule has 1 N–H and O–H groups in total. The Hall–Kier alpha value is -1.85. The largest absolute Gasteiger partial charge is 0.481 e. The molecule has 2 aromatic rings. The molecule has 1 aliphatic rings. The molecule has 0 bridgehead atoms. The van der Waals surface area contributed by atoms with Crippen molar-refractivity contribution in [2.45, 2.75) is 16.1 Å². The van der Waals surface area contributed by atoms with E-state index in [9.17, 15) is 18.3 Å². The van der Waals surface area contributed by atoms with Crippen molar-refractivity contribution in [3.63, 3.8) is 0 Å². The predicted molar refractivity (Wildman–Crippen MR) is 82.7 cm³/mol. The summed E-state index contributed by atoms with van der Waals surface area (Å²) in [6, 6.07) is 14.6. The second-order valence-electron chi connectivity index (χ2n) is 5.26. The van der Waals surface area contributed by atoms with Gasteiger partial charge in [-0.2, -0.15) is 0 Å². The van der Waals surface area contributed by atoms with Crippen molar-refractivity contribution in [3.8, 4) is 0 Å². The Morgan fingerprint density at radius 2 is 1.59 bits per heavy atom. The van der Waals surface area contributed by atoms with E-state index in [4.69, 9.17) is 11.6 Å². The quantitative estimate of drug-likeness (QED) is 0.931. The van der Waals surface area contributed by atoms with Gasteiger partial charge in [-0.15, -0.1) is 0 Å². The summed E-state index contributed by atoms with van der Waals surface area (Å²) < 4.78 is 25.3. The molecule has 114 valence electrons. The van der Waals surface area contributed by atoms with Crippen LogP contribution < -0.4 is 0 Å². The summed E-state index contributed by atoms with van der Waals surface area (Å²) in [6.07, 6.45) is 0. The highest BCUT2D eigenvalue weighted by Gasteiger charge is 2.63. The highest BCUT2D eigenvalue weighted by molar-refractivity contribution is 7.92. The Kier molecular flexibility index (Phi) is 3.70. The van der Waals surface area contributed by atoms with E-state index in [0.717, 1.165) is 0 Å². The van der Waals surface area contributed by atoms with E-state index in [2.05, 4.69) is 0 Å². The summed E-state index contributed by atoms with van der Waals surface area (Å²) >= 11 is 5.82. The topological polar surface area (TPSA) is 71.4 Å². The summed E-state index contributed by atoms with van der Waals surface area (Å²) in [5, 5.41) is 8.92. The van der Waals surface area contributed by atoms with Gasteiger partial charge >= 0.3 is 5.97 Å². The Balaban J connectivity index is 1.99. The number of hydrogen-bond acceptors (Lipinski definition) is 3. The van der Waals surface area contributed by atoms with Gasteiger partial charge in [0, 0.05) is 10.9 Å². The minimum absolute atomic E-state index is 0.155. The van der Waals surface area contributed by atoms with E-state index in [1.54, 1.807) is 42.5 Å². The van der Waals surface area contributed by atoms with Crippen molar-refractivity contribution in [1.29, 1.82) is 0 Å². The van der Waals surface area contributed by atoms with Gasteiger partial charge in [-0.1, -0.05) is 41.9 Å². The van der Waals surface area contributed by atoms with Crippen LogP contribution in [-0.2, 0) is 14.6 Å². The fourth-order valence-corrected chi connectivity index (χ4v) is 5.08. The van der Waals surface area contributed by atoms with Crippen molar-refractivity contribution in [2.75, 3.05) is 0 Å². The molecule has 0 aliphatic heterocycles. The van der Waals surface area contributed by atoms with Gasteiger partial charge in [-0.3, -0.25) is 4.79 Å². The number of hydrogen-bond donors (Lipinski definition) is 1. The smallest absolute Gasteiger partial charge is 0.308 e. The standard InChI is InChI=1S/C16H13ClO4S/c17-11-8-6-10(7-9-11)13-14(16(18)19)15(13)22(20,21)12-4-2-1-3-5-12/h1-9,13-15H,(H,18,19)/t13-,14+,15-/m0/s1. The van der Waals surface area contributed by atoms with Crippen LogP contribution in [-0.4, -0.2) is 24.7 Å². The Bertz CT molecular complexity index is 800. The third-order valence-electron chi connectivity index (χ3n) is 3.92. The predicted octanol–water partition coefficient (Wildman–Crippen LogP) is 2.98. The van der Waals surface area contributed by atoms with E-state index in [0.29, 0.717) is 10.6 Å². The minimum atomic E-state index is -3.68. The third kappa shape index (κ3) is 2.51. The van der Waals surface area contributed by atoms with E-state index < -0.39 is 32.9 Å². The van der Waals surface area contributed by atoms with Crippen LogP contribution in [0.25, 0.3) is 0 Å². The third-order valence-corrected chi connectivity index (χ3v) is 6.41. The maximum atomic E-state index is 12.7. The number of carbonyl (C=O) groups is 1. The second-order valence-corrected chi connectivity index (χ2v) is 7.81. The molecular formula is C16H13ClO4S. The van der Waals surface area contributed by atoms with E-state index >= 15 is 0 Å². The minimum Gasteiger partial charge on any atom is -0.481 e. The maximum absolute atomic E-state index is 12.7. The summed E-state index contributed by atoms with van der Waals surface area (Å²) in [6.45, 7) is 0. The Morgan fingerprint density at radius 1 is 1.00 bits per heavy atom. The molecule has 22 heavy (non-hydrogen) atoms. The normalized spacial score (nSPS) is 24.0. The van der Waals surface area contributed by atoms with Crippen LogP contribution >= 0.6 is 11.6 Å². The Morgan fingerprint density at radius 3 is 2.14 bits per heavy atom.